The Morgan fingerprint density at radius 2 is 1.84 bits per heavy atom. The number of fused-ring (bicyclic) bond motifs is 1. The largest absolute Gasteiger partial charge is 0.444 e. The van der Waals surface area contributed by atoms with E-state index in [0.717, 1.165) is 29.5 Å². The van der Waals surface area contributed by atoms with Gasteiger partial charge in [0.25, 0.3) is 5.91 Å². The van der Waals surface area contributed by atoms with Gasteiger partial charge < -0.3 is 19.9 Å². The highest BCUT2D eigenvalue weighted by atomic mass is 16.6. The zero-order valence-corrected chi connectivity index (χ0v) is 21.3. The number of benzene rings is 2. The van der Waals surface area contributed by atoms with Gasteiger partial charge in [-0.3, -0.25) is 4.79 Å². The second-order valence-electron chi connectivity index (χ2n) is 10.4. The Balaban J connectivity index is 1.29. The van der Waals surface area contributed by atoms with E-state index < -0.39 is 5.60 Å². The fourth-order valence-corrected chi connectivity index (χ4v) is 4.52. The summed E-state index contributed by atoms with van der Waals surface area (Å²) in [5, 5.41) is 2.91. The molecule has 1 aliphatic rings. The third-order valence-corrected chi connectivity index (χ3v) is 6.36. The molecule has 2 N–H and O–H groups in total. The number of H-pyrrole nitrogens is 1. The number of carbonyl (C=O) groups is 2. The molecule has 2 aromatic carbocycles. The molecule has 0 aliphatic carbocycles. The van der Waals surface area contributed by atoms with Gasteiger partial charge in [-0.25, -0.2) is 14.8 Å². The number of amides is 2. The van der Waals surface area contributed by atoms with Gasteiger partial charge in [-0.2, -0.15) is 0 Å². The minimum absolute atomic E-state index is 0.151. The van der Waals surface area contributed by atoms with Gasteiger partial charge in [-0.15, -0.1) is 0 Å². The molecule has 0 spiro atoms. The molecule has 2 amide bonds. The molecular weight excluding hydrogens is 466 g/mol. The van der Waals surface area contributed by atoms with Gasteiger partial charge in [0.2, 0.25) is 0 Å². The lowest BCUT2D eigenvalue weighted by molar-refractivity contribution is 0.0198. The van der Waals surface area contributed by atoms with Gasteiger partial charge in [0.15, 0.2) is 5.65 Å². The molecule has 0 bridgehead atoms. The zero-order chi connectivity index (χ0) is 26.0. The van der Waals surface area contributed by atoms with Crippen LogP contribution in [-0.4, -0.2) is 50.5 Å². The summed E-state index contributed by atoms with van der Waals surface area (Å²) in [5.41, 5.74) is 4.27. The maximum absolute atomic E-state index is 12.6. The number of nitrogens with one attached hydrogen (secondary N) is 2. The maximum atomic E-state index is 12.6. The van der Waals surface area contributed by atoms with Gasteiger partial charge in [0.1, 0.15) is 11.4 Å². The topological polar surface area (TPSA) is 100 Å². The van der Waals surface area contributed by atoms with E-state index in [2.05, 4.69) is 26.3 Å². The van der Waals surface area contributed by atoms with E-state index >= 15 is 0 Å². The molecule has 2 aromatic heterocycles. The smallest absolute Gasteiger partial charge is 0.410 e. The zero-order valence-electron chi connectivity index (χ0n) is 21.3. The molecule has 190 valence electrons. The van der Waals surface area contributed by atoms with Crippen molar-refractivity contribution in [1.29, 1.82) is 0 Å². The van der Waals surface area contributed by atoms with Crippen molar-refractivity contribution in [3.8, 4) is 11.4 Å². The summed E-state index contributed by atoms with van der Waals surface area (Å²) in [6.07, 6.45) is 3.50. The fourth-order valence-electron chi connectivity index (χ4n) is 4.52. The third-order valence-electron chi connectivity index (χ3n) is 6.36. The number of imidazole rings is 1. The normalized spacial score (nSPS) is 16.0. The average molecular weight is 498 g/mol. The van der Waals surface area contributed by atoms with Gasteiger partial charge >= 0.3 is 6.09 Å². The van der Waals surface area contributed by atoms with E-state index in [0.29, 0.717) is 35.8 Å². The van der Waals surface area contributed by atoms with Crippen molar-refractivity contribution < 1.29 is 14.3 Å². The third kappa shape index (κ3) is 5.80. The molecule has 8 nitrogen and oxygen atoms in total. The van der Waals surface area contributed by atoms with Gasteiger partial charge in [0, 0.05) is 42.0 Å². The van der Waals surface area contributed by atoms with Gasteiger partial charge in [-0.1, -0.05) is 18.2 Å². The van der Waals surface area contributed by atoms with Crippen LogP contribution < -0.4 is 5.32 Å². The van der Waals surface area contributed by atoms with E-state index in [4.69, 9.17) is 4.74 Å². The summed E-state index contributed by atoms with van der Waals surface area (Å²) in [6.45, 7) is 6.97. The molecule has 1 saturated heterocycles. The van der Waals surface area contributed by atoms with Crippen LogP contribution in [0.5, 0.6) is 0 Å². The lowest BCUT2D eigenvalue weighted by atomic mass is 9.92. The van der Waals surface area contributed by atoms with Crippen LogP contribution in [0.1, 0.15) is 55.5 Å². The van der Waals surface area contributed by atoms with Crippen LogP contribution in [0.15, 0.2) is 66.9 Å². The average Bonchev–Trinajstić information content (AvgIpc) is 3.32. The summed E-state index contributed by atoms with van der Waals surface area (Å²) in [6, 6.07) is 18.7. The van der Waals surface area contributed by atoms with Crippen LogP contribution in [0.3, 0.4) is 0 Å². The first-order valence-electron chi connectivity index (χ1n) is 12.6. The van der Waals surface area contributed by atoms with E-state index in [1.165, 1.54) is 0 Å². The Bertz CT molecular complexity index is 1410. The van der Waals surface area contributed by atoms with Crippen molar-refractivity contribution in [2.45, 2.75) is 45.1 Å². The SMILES string of the molecule is CC(C)(C)OC(=O)N1CCCC(c2cnc3nc(-c4ccc(NC(=O)c5ccccc5)cc4)[nH]c3c2)C1. The van der Waals surface area contributed by atoms with Crippen molar-refractivity contribution in [3.63, 3.8) is 0 Å². The van der Waals surface area contributed by atoms with Crippen LogP contribution in [0.4, 0.5) is 10.5 Å². The van der Waals surface area contributed by atoms with Crippen LogP contribution >= 0.6 is 0 Å². The standard InChI is InChI=1S/C29H31N5O3/c1-29(2,3)37-28(36)34-15-7-10-21(18-34)22-16-24-26(30-17-22)33-25(32-24)19-11-13-23(14-12-19)31-27(35)20-8-5-4-6-9-20/h4-6,8-9,11-14,16-17,21H,7,10,15,18H2,1-3H3,(H,31,35)(H,30,32,33). The number of carbonyl (C=O) groups excluding carboxylic acids is 2. The second kappa shape index (κ2) is 10.0. The number of hydrogen-bond donors (Lipinski definition) is 2. The lowest BCUT2D eigenvalue weighted by Crippen LogP contribution is -2.42. The molecule has 1 atom stereocenters. The molecular formula is C29H31N5O3. The van der Waals surface area contributed by atoms with E-state index in [-0.39, 0.29) is 17.9 Å². The number of piperidine rings is 1. The van der Waals surface area contributed by atoms with Crippen LogP contribution in [0.25, 0.3) is 22.6 Å². The van der Waals surface area contributed by atoms with Crippen molar-refractivity contribution in [2.24, 2.45) is 0 Å². The number of nitrogens with zero attached hydrogens (tertiary/aromatic N) is 3. The predicted molar refractivity (Wildman–Crippen MR) is 144 cm³/mol. The van der Waals surface area contributed by atoms with Crippen LogP contribution in [0.2, 0.25) is 0 Å². The van der Waals surface area contributed by atoms with E-state index in [1.54, 1.807) is 17.0 Å². The first-order chi connectivity index (χ1) is 17.7. The van der Waals surface area contributed by atoms with Crippen molar-refractivity contribution >= 4 is 28.9 Å². The lowest BCUT2D eigenvalue weighted by Gasteiger charge is -2.34. The molecule has 1 unspecified atom stereocenters. The molecule has 0 radical (unpaired) electrons. The number of rotatable bonds is 4. The highest BCUT2D eigenvalue weighted by Crippen LogP contribution is 2.30. The van der Waals surface area contributed by atoms with Gasteiger partial charge in [0.05, 0.1) is 5.52 Å². The molecule has 1 aliphatic heterocycles. The predicted octanol–water partition coefficient (Wildman–Crippen LogP) is 5.99. The highest BCUT2D eigenvalue weighted by molar-refractivity contribution is 6.04. The maximum Gasteiger partial charge on any atom is 0.410 e. The summed E-state index contributed by atoms with van der Waals surface area (Å²) in [7, 11) is 0. The first-order valence-corrected chi connectivity index (χ1v) is 12.6. The summed E-state index contributed by atoms with van der Waals surface area (Å²) in [4.78, 5) is 39.4. The fraction of sp³-hybridized carbons (Fsp3) is 0.310. The highest BCUT2D eigenvalue weighted by Gasteiger charge is 2.28. The van der Waals surface area contributed by atoms with Crippen molar-refractivity contribution in [3.05, 3.63) is 78.0 Å². The van der Waals surface area contributed by atoms with E-state index in [1.807, 2.05) is 69.4 Å². The van der Waals surface area contributed by atoms with Crippen molar-refractivity contribution in [2.75, 3.05) is 18.4 Å². The molecule has 0 saturated carbocycles. The Morgan fingerprint density at radius 3 is 2.57 bits per heavy atom. The minimum atomic E-state index is -0.511. The second-order valence-corrected chi connectivity index (χ2v) is 10.4. The molecule has 8 heteroatoms. The number of aromatic nitrogens is 3. The molecule has 37 heavy (non-hydrogen) atoms. The van der Waals surface area contributed by atoms with E-state index in [9.17, 15) is 9.59 Å². The van der Waals surface area contributed by atoms with Crippen LogP contribution in [-0.2, 0) is 4.74 Å². The Hall–Kier alpha value is -4.20. The van der Waals surface area contributed by atoms with Crippen LogP contribution in [0, 0.1) is 0 Å². The molecule has 4 aromatic rings. The van der Waals surface area contributed by atoms with Crippen molar-refractivity contribution in [1.82, 2.24) is 19.9 Å². The number of likely N-dealkylation sites (tertiary alicyclic amines) is 1. The Labute approximate surface area is 216 Å². The number of hydrogen-bond acceptors (Lipinski definition) is 5. The molecule has 1 fully saturated rings. The first kappa shape index (κ1) is 24.5. The Kier molecular flexibility index (Phi) is 6.65. The number of pyridine rings is 1. The Morgan fingerprint density at radius 1 is 1.08 bits per heavy atom. The molecule has 5 rings (SSSR count). The molecule has 3 heterocycles. The van der Waals surface area contributed by atoms with Gasteiger partial charge in [-0.05, 0) is 81.6 Å². The quantitative estimate of drug-likeness (QED) is 0.361. The monoisotopic (exact) mass is 497 g/mol. The number of aromatic amines is 1. The number of ether oxygens (including phenoxy) is 1. The minimum Gasteiger partial charge on any atom is -0.444 e. The summed E-state index contributed by atoms with van der Waals surface area (Å²) < 4.78 is 5.57. The number of anilines is 1. The summed E-state index contributed by atoms with van der Waals surface area (Å²) in [5.74, 6) is 0.749. The summed E-state index contributed by atoms with van der Waals surface area (Å²) >= 11 is 0.